The zero-order chi connectivity index (χ0) is 12.6. The van der Waals surface area contributed by atoms with Gasteiger partial charge in [-0.1, -0.05) is 0 Å². The van der Waals surface area contributed by atoms with Gasteiger partial charge in [0.05, 0.1) is 16.6 Å². The van der Waals surface area contributed by atoms with E-state index in [0.29, 0.717) is 0 Å². The monoisotopic (exact) mass is 262 g/mol. The minimum absolute atomic E-state index is 0.501. The van der Waals surface area contributed by atoms with Gasteiger partial charge in [0.2, 0.25) is 0 Å². The van der Waals surface area contributed by atoms with E-state index >= 15 is 0 Å². The molecule has 0 atom stereocenters. The van der Waals surface area contributed by atoms with Gasteiger partial charge in [-0.2, -0.15) is 5.26 Å². The SMILES string of the molecule is Cc1ccsc1-c1nc(C(C)(C)C#N)sc1C. The molecular weight excluding hydrogens is 248 g/mol. The Hall–Kier alpha value is -1.18. The number of hydrogen-bond acceptors (Lipinski definition) is 4. The minimum atomic E-state index is -0.501. The van der Waals surface area contributed by atoms with E-state index in [9.17, 15) is 0 Å². The summed E-state index contributed by atoms with van der Waals surface area (Å²) in [4.78, 5) is 7.07. The fraction of sp³-hybridized carbons (Fsp3) is 0.385. The largest absolute Gasteiger partial charge is 0.238 e. The van der Waals surface area contributed by atoms with Crippen molar-refractivity contribution in [2.24, 2.45) is 0 Å². The third-order valence-electron chi connectivity index (χ3n) is 2.69. The smallest absolute Gasteiger partial charge is 0.113 e. The van der Waals surface area contributed by atoms with Crippen molar-refractivity contribution in [1.29, 1.82) is 5.26 Å². The summed E-state index contributed by atoms with van der Waals surface area (Å²) in [5.41, 5.74) is 1.80. The second-order valence-corrected chi connectivity index (χ2v) is 6.71. The number of rotatable bonds is 2. The summed E-state index contributed by atoms with van der Waals surface area (Å²) in [6, 6.07) is 4.41. The fourth-order valence-corrected chi connectivity index (χ4v) is 3.55. The molecule has 0 amide bonds. The Labute approximate surface area is 110 Å². The van der Waals surface area contributed by atoms with Crippen molar-refractivity contribution in [3.05, 3.63) is 26.9 Å². The van der Waals surface area contributed by atoms with E-state index in [1.54, 1.807) is 22.7 Å². The van der Waals surface area contributed by atoms with Crippen molar-refractivity contribution in [1.82, 2.24) is 4.98 Å². The van der Waals surface area contributed by atoms with Crippen LogP contribution in [0.25, 0.3) is 10.6 Å². The maximum absolute atomic E-state index is 9.15. The predicted molar refractivity (Wildman–Crippen MR) is 73.5 cm³/mol. The van der Waals surface area contributed by atoms with E-state index in [0.717, 1.165) is 10.7 Å². The molecule has 88 valence electrons. The molecule has 0 fully saturated rings. The number of nitrogens with zero attached hydrogens (tertiary/aromatic N) is 2. The maximum atomic E-state index is 9.15. The predicted octanol–water partition coefficient (Wildman–Crippen LogP) is 4.29. The first-order valence-corrected chi connectivity index (χ1v) is 7.09. The summed E-state index contributed by atoms with van der Waals surface area (Å²) in [7, 11) is 0. The number of nitriles is 1. The zero-order valence-corrected chi connectivity index (χ0v) is 12.0. The van der Waals surface area contributed by atoms with Gasteiger partial charge in [0.1, 0.15) is 10.4 Å². The highest BCUT2D eigenvalue weighted by Gasteiger charge is 2.26. The van der Waals surface area contributed by atoms with Crippen LogP contribution in [0.2, 0.25) is 0 Å². The van der Waals surface area contributed by atoms with Gasteiger partial charge in [0.25, 0.3) is 0 Å². The van der Waals surface area contributed by atoms with Crippen LogP contribution in [0.5, 0.6) is 0 Å². The van der Waals surface area contributed by atoms with Gasteiger partial charge in [-0.3, -0.25) is 0 Å². The molecule has 0 aliphatic rings. The Balaban J connectivity index is 2.53. The molecule has 2 nitrogen and oxygen atoms in total. The van der Waals surface area contributed by atoms with Gasteiger partial charge in [0, 0.05) is 4.88 Å². The van der Waals surface area contributed by atoms with E-state index in [2.05, 4.69) is 36.3 Å². The van der Waals surface area contributed by atoms with Crippen molar-refractivity contribution < 1.29 is 0 Å². The lowest BCUT2D eigenvalue weighted by molar-refractivity contribution is 0.680. The molecule has 0 aliphatic carbocycles. The van der Waals surface area contributed by atoms with Crippen LogP contribution < -0.4 is 0 Å². The van der Waals surface area contributed by atoms with Crippen LogP contribution in [-0.2, 0) is 5.41 Å². The van der Waals surface area contributed by atoms with Gasteiger partial charge >= 0.3 is 0 Å². The summed E-state index contributed by atoms with van der Waals surface area (Å²) >= 11 is 3.34. The molecule has 0 N–H and O–H groups in total. The number of hydrogen-bond donors (Lipinski definition) is 0. The lowest BCUT2D eigenvalue weighted by Crippen LogP contribution is -2.13. The van der Waals surface area contributed by atoms with Gasteiger partial charge < -0.3 is 0 Å². The molecule has 0 aromatic carbocycles. The molecule has 0 spiro atoms. The quantitative estimate of drug-likeness (QED) is 0.809. The van der Waals surface area contributed by atoms with E-state index < -0.39 is 5.41 Å². The van der Waals surface area contributed by atoms with Crippen LogP contribution >= 0.6 is 22.7 Å². The van der Waals surface area contributed by atoms with Gasteiger partial charge in [-0.25, -0.2) is 4.98 Å². The molecule has 0 bridgehead atoms. The molecule has 4 heteroatoms. The second kappa shape index (κ2) is 4.25. The zero-order valence-electron chi connectivity index (χ0n) is 10.4. The lowest BCUT2D eigenvalue weighted by atomic mass is 9.97. The maximum Gasteiger partial charge on any atom is 0.113 e. The lowest BCUT2D eigenvalue weighted by Gasteiger charge is -2.09. The molecule has 17 heavy (non-hydrogen) atoms. The van der Waals surface area contributed by atoms with Crippen LogP contribution in [-0.4, -0.2) is 4.98 Å². The first-order valence-electron chi connectivity index (χ1n) is 5.39. The highest BCUT2D eigenvalue weighted by atomic mass is 32.1. The van der Waals surface area contributed by atoms with E-state index in [1.807, 2.05) is 13.8 Å². The average Bonchev–Trinajstić information content (AvgIpc) is 2.85. The summed E-state index contributed by atoms with van der Waals surface area (Å²) in [5, 5.41) is 12.1. The molecule has 2 heterocycles. The van der Waals surface area contributed by atoms with Crippen LogP contribution in [0.4, 0.5) is 0 Å². The van der Waals surface area contributed by atoms with E-state index in [4.69, 9.17) is 5.26 Å². The van der Waals surface area contributed by atoms with Crippen molar-refractivity contribution in [2.45, 2.75) is 33.1 Å². The van der Waals surface area contributed by atoms with Gasteiger partial charge in [-0.15, -0.1) is 22.7 Å². The molecule has 2 rings (SSSR count). The van der Waals surface area contributed by atoms with Crippen molar-refractivity contribution in [3.63, 3.8) is 0 Å². The Kier molecular flexibility index (Phi) is 3.07. The van der Waals surface area contributed by atoms with Crippen LogP contribution in [0.3, 0.4) is 0 Å². The normalized spacial score (nSPS) is 11.5. The summed E-state index contributed by atoms with van der Waals surface area (Å²) in [6.07, 6.45) is 0. The number of thiophene rings is 1. The van der Waals surface area contributed by atoms with E-state index in [-0.39, 0.29) is 0 Å². The number of aromatic nitrogens is 1. The average molecular weight is 262 g/mol. The van der Waals surface area contributed by atoms with Gasteiger partial charge in [0.15, 0.2) is 0 Å². The second-order valence-electron chi connectivity index (χ2n) is 4.59. The molecule has 2 aromatic rings. The first-order chi connectivity index (χ1) is 7.95. The molecule has 0 saturated carbocycles. The van der Waals surface area contributed by atoms with Crippen LogP contribution in [0.1, 0.15) is 29.3 Å². The standard InChI is InChI=1S/C13H14N2S2/c1-8-5-6-16-11(8)10-9(2)17-12(15-10)13(3,4)7-14/h5-6H,1-4H3. The third kappa shape index (κ3) is 2.13. The first kappa shape index (κ1) is 12.3. The highest BCUT2D eigenvalue weighted by molar-refractivity contribution is 7.15. The number of thiazole rings is 1. The van der Waals surface area contributed by atoms with Crippen LogP contribution in [0.15, 0.2) is 11.4 Å². The topological polar surface area (TPSA) is 36.7 Å². The minimum Gasteiger partial charge on any atom is -0.238 e. The van der Waals surface area contributed by atoms with Crippen LogP contribution in [0, 0.1) is 25.2 Å². The van der Waals surface area contributed by atoms with Gasteiger partial charge in [-0.05, 0) is 44.7 Å². The fourth-order valence-electron chi connectivity index (χ4n) is 1.54. The Morgan fingerprint density at radius 3 is 2.59 bits per heavy atom. The van der Waals surface area contributed by atoms with Crippen molar-refractivity contribution >= 4 is 22.7 Å². The summed E-state index contributed by atoms with van der Waals surface area (Å²) < 4.78 is 0. The van der Waals surface area contributed by atoms with Crippen molar-refractivity contribution in [2.75, 3.05) is 0 Å². The molecule has 0 radical (unpaired) electrons. The molecule has 0 unspecified atom stereocenters. The number of aryl methyl sites for hydroxylation is 2. The Bertz CT molecular complexity index is 585. The summed E-state index contributed by atoms with van der Waals surface area (Å²) in [6.45, 7) is 8.00. The molecule has 0 aliphatic heterocycles. The third-order valence-corrected chi connectivity index (χ3v) is 5.01. The van der Waals surface area contributed by atoms with Crippen molar-refractivity contribution in [3.8, 4) is 16.6 Å². The highest BCUT2D eigenvalue weighted by Crippen LogP contribution is 2.37. The molecular formula is C13H14N2S2. The molecule has 0 saturated heterocycles. The summed E-state index contributed by atoms with van der Waals surface area (Å²) in [5.74, 6) is 0. The Morgan fingerprint density at radius 1 is 1.35 bits per heavy atom. The molecule has 2 aromatic heterocycles. The Morgan fingerprint density at radius 2 is 2.06 bits per heavy atom. The van der Waals surface area contributed by atoms with E-state index in [1.165, 1.54) is 15.3 Å².